The van der Waals surface area contributed by atoms with Crippen molar-refractivity contribution < 1.29 is 27.4 Å². The predicted molar refractivity (Wildman–Crippen MR) is 122 cm³/mol. The van der Waals surface area contributed by atoms with E-state index in [0.29, 0.717) is 45.2 Å². The van der Waals surface area contributed by atoms with Gasteiger partial charge in [0.25, 0.3) is 8.53 Å². The summed E-state index contributed by atoms with van der Waals surface area (Å²) in [6.45, 7) is 13.1. The predicted octanol–water partition coefficient (Wildman–Crippen LogP) is 4.05. The van der Waals surface area contributed by atoms with Gasteiger partial charge < -0.3 is 22.8 Å². The molecule has 1 aliphatic rings. The van der Waals surface area contributed by atoms with Gasteiger partial charge >= 0.3 is 7.60 Å². The highest BCUT2D eigenvalue weighted by Gasteiger charge is 2.39. The summed E-state index contributed by atoms with van der Waals surface area (Å²) >= 11 is 0. The second-order valence-corrected chi connectivity index (χ2v) is 11.4. The first-order chi connectivity index (χ1) is 14.2. The molecule has 174 valence electrons. The highest BCUT2D eigenvalue weighted by molar-refractivity contribution is 7.53. The number of nitriles is 1. The third kappa shape index (κ3) is 9.22. The van der Waals surface area contributed by atoms with Gasteiger partial charge in [0.05, 0.1) is 56.7 Å². The number of rotatable bonds is 15. The van der Waals surface area contributed by atoms with E-state index in [9.17, 15) is 4.57 Å². The Kier molecular flexibility index (Phi) is 13.2. The molecule has 0 aliphatic carbocycles. The molecule has 1 rings (SSSR count). The van der Waals surface area contributed by atoms with Crippen LogP contribution in [0.2, 0.25) is 0 Å². The quantitative estimate of drug-likeness (QED) is 0.204. The zero-order chi connectivity index (χ0) is 22.7. The van der Waals surface area contributed by atoms with Crippen molar-refractivity contribution in [3.05, 3.63) is 0 Å². The fourth-order valence-corrected chi connectivity index (χ4v) is 7.00. The lowest BCUT2D eigenvalue weighted by Gasteiger charge is -2.37. The van der Waals surface area contributed by atoms with Crippen molar-refractivity contribution in [2.45, 2.75) is 91.1 Å². The van der Waals surface area contributed by atoms with E-state index in [1.54, 1.807) is 0 Å². The summed E-state index contributed by atoms with van der Waals surface area (Å²) in [5.74, 6) is 0. The molecule has 4 atom stereocenters. The summed E-state index contributed by atoms with van der Waals surface area (Å²) in [5, 5.41) is 8.86. The molecule has 2 unspecified atom stereocenters. The van der Waals surface area contributed by atoms with Gasteiger partial charge in [0.2, 0.25) is 0 Å². The van der Waals surface area contributed by atoms with Crippen LogP contribution in [-0.2, 0) is 27.4 Å². The van der Waals surface area contributed by atoms with Crippen LogP contribution < -0.4 is 0 Å². The van der Waals surface area contributed by atoms with E-state index >= 15 is 0 Å². The molecule has 0 aromatic carbocycles. The number of ether oxygens (including phenoxy) is 1. The fraction of sp³-hybridized carbons (Fsp3) is 0.947. The second kappa shape index (κ2) is 14.2. The molecule has 0 bridgehead atoms. The second-order valence-electron chi connectivity index (χ2n) is 7.85. The zero-order valence-corrected chi connectivity index (χ0v) is 21.4. The fourth-order valence-electron chi connectivity index (χ4n) is 3.48. The maximum atomic E-state index is 12.7. The summed E-state index contributed by atoms with van der Waals surface area (Å²) in [6, 6.07) is 2.51. The van der Waals surface area contributed by atoms with Crippen LogP contribution in [0.3, 0.4) is 0 Å². The van der Waals surface area contributed by atoms with Gasteiger partial charge in [-0.1, -0.05) is 0 Å². The SMILES string of the molecule is B[C@@H]1O[C@H](CCP(=O)(OCC)OCC)CC1OP(OCCC#N)N(C(C)C)C(C)C. The van der Waals surface area contributed by atoms with Gasteiger partial charge in [-0.05, 0) is 48.0 Å². The molecule has 0 saturated carbocycles. The third-order valence-electron chi connectivity index (χ3n) is 4.69. The Labute approximate surface area is 184 Å². The molecule has 0 aromatic heterocycles. The molecule has 1 aliphatic heterocycles. The molecule has 11 heteroatoms. The van der Waals surface area contributed by atoms with E-state index in [1.807, 2.05) is 21.7 Å². The Hall–Kier alpha value is -0.0251. The van der Waals surface area contributed by atoms with Gasteiger partial charge in [-0.2, -0.15) is 5.26 Å². The smallest absolute Gasteiger partial charge is 0.330 e. The molecular formula is C19H39BN2O6P2. The van der Waals surface area contributed by atoms with Crippen LogP contribution >= 0.6 is 16.1 Å². The van der Waals surface area contributed by atoms with E-state index < -0.39 is 16.1 Å². The monoisotopic (exact) mass is 464 g/mol. The van der Waals surface area contributed by atoms with E-state index in [2.05, 4.69) is 38.4 Å². The van der Waals surface area contributed by atoms with Crippen LogP contribution in [0.1, 0.15) is 60.8 Å². The Bertz CT molecular complexity index is 560. The lowest BCUT2D eigenvalue weighted by molar-refractivity contribution is 0.0574. The highest BCUT2D eigenvalue weighted by atomic mass is 31.2. The Morgan fingerprint density at radius 3 is 2.33 bits per heavy atom. The molecule has 30 heavy (non-hydrogen) atoms. The van der Waals surface area contributed by atoms with Crippen molar-refractivity contribution in [2.24, 2.45) is 0 Å². The first kappa shape index (κ1) is 28.0. The van der Waals surface area contributed by atoms with Crippen molar-refractivity contribution in [3.8, 4) is 6.07 Å². The maximum Gasteiger partial charge on any atom is 0.330 e. The van der Waals surface area contributed by atoms with Crippen LogP contribution in [0.5, 0.6) is 0 Å². The summed E-state index contributed by atoms with van der Waals surface area (Å²) < 4.78 is 44.2. The summed E-state index contributed by atoms with van der Waals surface area (Å²) in [5.41, 5.74) is 0. The first-order valence-electron chi connectivity index (χ1n) is 11.0. The zero-order valence-electron chi connectivity index (χ0n) is 19.6. The van der Waals surface area contributed by atoms with E-state index in [4.69, 9.17) is 28.1 Å². The van der Waals surface area contributed by atoms with Gasteiger partial charge in [0.15, 0.2) is 0 Å². The van der Waals surface area contributed by atoms with Gasteiger partial charge in [-0.15, -0.1) is 0 Å². The molecule has 8 nitrogen and oxygen atoms in total. The Morgan fingerprint density at radius 2 is 1.83 bits per heavy atom. The van der Waals surface area contributed by atoms with Crippen LogP contribution in [0.4, 0.5) is 0 Å². The average molecular weight is 464 g/mol. The maximum absolute atomic E-state index is 12.7. The molecule has 0 spiro atoms. The van der Waals surface area contributed by atoms with Gasteiger partial charge in [-0.3, -0.25) is 4.57 Å². The summed E-state index contributed by atoms with van der Waals surface area (Å²) in [7, 11) is -2.40. The minimum absolute atomic E-state index is 0.0678. The number of nitrogens with zero attached hydrogens (tertiary/aromatic N) is 2. The lowest BCUT2D eigenvalue weighted by atomic mass is 9.94. The molecule has 1 heterocycles. The van der Waals surface area contributed by atoms with Gasteiger partial charge in [-0.25, -0.2) is 4.67 Å². The molecule has 0 aromatic rings. The number of hydrogen-bond acceptors (Lipinski definition) is 8. The minimum Gasteiger partial charge on any atom is -0.381 e. The van der Waals surface area contributed by atoms with Crippen molar-refractivity contribution in [3.63, 3.8) is 0 Å². The van der Waals surface area contributed by atoms with Crippen molar-refractivity contribution in [1.29, 1.82) is 5.26 Å². The lowest BCUT2D eigenvalue weighted by Crippen LogP contribution is -2.36. The molecule has 1 fully saturated rings. The normalized spacial score (nSPS) is 23.4. The minimum atomic E-state index is -3.08. The van der Waals surface area contributed by atoms with Gasteiger partial charge in [0.1, 0.15) is 7.85 Å². The average Bonchev–Trinajstić information content (AvgIpc) is 3.00. The largest absolute Gasteiger partial charge is 0.381 e. The standard InChI is InChI=1S/C19H39BN2O6P2/c1-7-25-30(23,26-8-2)13-10-17-14-18(19(20)27-17)28-29(24-12-9-11-21)22(15(3)4)16(5)6/h15-19H,7-10,12-14,20H2,1-6H3/t17-,18?,19-,29?/m1/s1. The molecule has 0 radical (unpaired) electrons. The topological polar surface area (TPSA) is 90.3 Å². The molecular weight excluding hydrogens is 425 g/mol. The summed E-state index contributed by atoms with van der Waals surface area (Å²) in [4.78, 5) is 0. The molecule has 1 saturated heterocycles. The third-order valence-corrected chi connectivity index (χ3v) is 8.95. The van der Waals surface area contributed by atoms with E-state index in [0.717, 1.165) is 0 Å². The Balaban J connectivity index is 2.75. The van der Waals surface area contributed by atoms with E-state index in [1.165, 1.54) is 0 Å². The van der Waals surface area contributed by atoms with Crippen LogP contribution in [0.15, 0.2) is 0 Å². The summed E-state index contributed by atoms with van der Waals surface area (Å²) in [6.07, 6.45) is 1.76. The van der Waals surface area contributed by atoms with Crippen LogP contribution in [-0.4, -0.2) is 68.8 Å². The van der Waals surface area contributed by atoms with Crippen LogP contribution in [0, 0.1) is 11.3 Å². The van der Waals surface area contributed by atoms with Gasteiger partial charge in [0, 0.05) is 18.5 Å². The Morgan fingerprint density at radius 1 is 1.23 bits per heavy atom. The highest BCUT2D eigenvalue weighted by Crippen LogP contribution is 2.51. The number of hydrogen-bond donors (Lipinski definition) is 0. The molecule has 0 amide bonds. The van der Waals surface area contributed by atoms with E-state index in [-0.39, 0.29) is 30.3 Å². The van der Waals surface area contributed by atoms with Crippen molar-refractivity contribution >= 4 is 24.0 Å². The first-order valence-corrected chi connectivity index (χ1v) is 13.8. The van der Waals surface area contributed by atoms with Crippen LogP contribution in [0.25, 0.3) is 0 Å². The molecule has 0 N–H and O–H groups in total. The van der Waals surface area contributed by atoms with Crippen molar-refractivity contribution in [1.82, 2.24) is 4.67 Å². The van der Waals surface area contributed by atoms with Crippen molar-refractivity contribution in [2.75, 3.05) is 26.0 Å².